The molecule has 1 unspecified atom stereocenters. The van der Waals surface area contributed by atoms with Crippen LogP contribution < -0.4 is 5.30 Å². The molecule has 22 heavy (non-hydrogen) atoms. The largest absolute Gasteiger partial charge is 0.462 e. The van der Waals surface area contributed by atoms with Gasteiger partial charge in [-0.25, -0.2) is 4.79 Å². The van der Waals surface area contributed by atoms with Gasteiger partial charge in [-0.1, -0.05) is 45.1 Å². The maximum absolute atomic E-state index is 12.2. The van der Waals surface area contributed by atoms with Gasteiger partial charge >= 0.3 is 5.97 Å². The molecule has 5 heteroatoms. The highest BCUT2D eigenvalue weighted by Gasteiger charge is 2.19. The molecule has 124 valence electrons. The number of rotatable bonds is 10. The molecule has 0 aliphatic rings. The van der Waals surface area contributed by atoms with Gasteiger partial charge in [0.1, 0.15) is 0 Å². The van der Waals surface area contributed by atoms with Gasteiger partial charge in [0.15, 0.2) is 0 Å². The lowest BCUT2D eigenvalue weighted by atomic mass is 10.1. The molecule has 0 N–H and O–H groups in total. The van der Waals surface area contributed by atoms with Crippen molar-refractivity contribution in [1.29, 1.82) is 0 Å². The molecule has 0 fully saturated rings. The van der Waals surface area contributed by atoms with Crippen molar-refractivity contribution < 1.29 is 18.6 Å². The Morgan fingerprint density at radius 3 is 2.50 bits per heavy atom. The van der Waals surface area contributed by atoms with Crippen LogP contribution in [-0.2, 0) is 13.8 Å². The van der Waals surface area contributed by atoms with E-state index in [1.807, 2.05) is 0 Å². The molecule has 1 aromatic rings. The van der Waals surface area contributed by atoms with Crippen molar-refractivity contribution in [3.63, 3.8) is 0 Å². The van der Waals surface area contributed by atoms with Crippen LogP contribution >= 0.6 is 7.37 Å². The molecule has 0 radical (unpaired) electrons. The molecule has 4 nitrogen and oxygen atoms in total. The molecule has 0 aromatic heterocycles. The second kappa shape index (κ2) is 9.81. The molecule has 0 bridgehead atoms. The van der Waals surface area contributed by atoms with Crippen LogP contribution in [0.15, 0.2) is 24.3 Å². The summed E-state index contributed by atoms with van der Waals surface area (Å²) in [6.07, 6.45) is 6.90. The van der Waals surface area contributed by atoms with Gasteiger partial charge in [0.2, 0.25) is 7.37 Å². The van der Waals surface area contributed by atoms with Crippen LogP contribution in [0.3, 0.4) is 0 Å². The number of benzene rings is 1. The van der Waals surface area contributed by atoms with Gasteiger partial charge < -0.3 is 9.26 Å². The molecule has 1 aromatic carbocycles. The standard InChI is InChI=1S/C17H27O4P/c1-4-5-6-7-8-9-13-21-17(18)15-11-10-12-16(14-15)22(3,19)20-2/h10-12,14H,4-9,13H2,1-3H3. The molecular formula is C17H27O4P. The molecule has 0 saturated carbocycles. The van der Waals surface area contributed by atoms with Crippen LogP contribution in [0.25, 0.3) is 0 Å². The second-order valence-corrected chi connectivity index (χ2v) is 8.06. The van der Waals surface area contributed by atoms with Gasteiger partial charge in [-0.15, -0.1) is 0 Å². The van der Waals surface area contributed by atoms with Crippen LogP contribution in [0.4, 0.5) is 0 Å². The Labute approximate surface area is 133 Å². The highest BCUT2D eigenvalue weighted by molar-refractivity contribution is 7.66. The number of esters is 1. The molecular weight excluding hydrogens is 299 g/mol. The third-order valence-corrected chi connectivity index (χ3v) is 5.54. The Hall–Kier alpha value is -1.12. The number of carbonyl (C=O) groups is 1. The van der Waals surface area contributed by atoms with Crippen LogP contribution in [-0.4, -0.2) is 26.4 Å². The predicted octanol–water partition coefficient (Wildman–Crippen LogP) is 4.38. The van der Waals surface area contributed by atoms with Gasteiger partial charge in [0, 0.05) is 19.1 Å². The first-order valence-corrected chi connectivity index (χ1v) is 9.99. The maximum atomic E-state index is 12.2. The van der Waals surface area contributed by atoms with Crippen molar-refractivity contribution in [2.75, 3.05) is 20.4 Å². The lowest BCUT2D eigenvalue weighted by molar-refractivity contribution is 0.0498. The van der Waals surface area contributed by atoms with E-state index in [2.05, 4.69) is 6.92 Å². The van der Waals surface area contributed by atoms with E-state index >= 15 is 0 Å². The Balaban J connectivity index is 2.43. The Morgan fingerprint density at radius 2 is 1.82 bits per heavy atom. The molecule has 0 amide bonds. The zero-order chi connectivity index (χ0) is 16.4. The smallest absolute Gasteiger partial charge is 0.338 e. The quantitative estimate of drug-likeness (QED) is 0.364. The normalized spacial score (nSPS) is 13.6. The zero-order valence-electron chi connectivity index (χ0n) is 13.8. The highest BCUT2D eigenvalue weighted by Crippen LogP contribution is 2.39. The summed E-state index contributed by atoms with van der Waals surface area (Å²) in [5, 5.41) is 0.531. The SMILES string of the molecule is CCCCCCCCOC(=O)c1cccc(P(C)(=O)OC)c1. The molecule has 0 heterocycles. The predicted molar refractivity (Wildman–Crippen MR) is 90.3 cm³/mol. The highest BCUT2D eigenvalue weighted by atomic mass is 31.2. The van der Waals surface area contributed by atoms with Crippen molar-refractivity contribution in [3.05, 3.63) is 29.8 Å². The summed E-state index contributed by atoms with van der Waals surface area (Å²) in [4.78, 5) is 12.0. The summed E-state index contributed by atoms with van der Waals surface area (Å²) in [7, 11) is -1.44. The summed E-state index contributed by atoms with van der Waals surface area (Å²) in [5.74, 6) is -0.369. The monoisotopic (exact) mass is 326 g/mol. The molecule has 0 aliphatic carbocycles. The average Bonchev–Trinajstić information content (AvgIpc) is 2.54. The van der Waals surface area contributed by atoms with Gasteiger partial charge in [-0.3, -0.25) is 4.57 Å². The molecule has 1 atom stereocenters. The van der Waals surface area contributed by atoms with E-state index in [0.29, 0.717) is 17.5 Å². The third-order valence-electron chi connectivity index (χ3n) is 3.63. The van der Waals surface area contributed by atoms with Crippen molar-refractivity contribution in [2.24, 2.45) is 0 Å². The summed E-state index contributed by atoms with van der Waals surface area (Å²) in [5.41, 5.74) is 0.419. The summed E-state index contributed by atoms with van der Waals surface area (Å²) >= 11 is 0. The summed E-state index contributed by atoms with van der Waals surface area (Å²) in [6.45, 7) is 4.16. The number of unbranched alkanes of at least 4 members (excludes halogenated alkanes) is 5. The fourth-order valence-corrected chi connectivity index (χ4v) is 3.06. The second-order valence-electron chi connectivity index (χ2n) is 5.48. The maximum Gasteiger partial charge on any atom is 0.338 e. The van der Waals surface area contributed by atoms with Gasteiger partial charge in [0.05, 0.1) is 12.2 Å². The fraction of sp³-hybridized carbons (Fsp3) is 0.588. The van der Waals surface area contributed by atoms with Crippen LogP contribution in [0.1, 0.15) is 55.8 Å². The average molecular weight is 326 g/mol. The van der Waals surface area contributed by atoms with E-state index in [9.17, 15) is 9.36 Å². The first kappa shape index (κ1) is 18.9. The fourth-order valence-electron chi connectivity index (χ4n) is 2.12. The molecule has 0 saturated heterocycles. The Kier molecular flexibility index (Phi) is 8.44. The number of hydrogen-bond donors (Lipinski definition) is 0. The van der Waals surface area contributed by atoms with E-state index in [4.69, 9.17) is 9.26 Å². The first-order chi connectivity index (χ1) is 10.5. The van der Waals surface area contributed by atoms with Crippen LogP contribution in [0.5, 0.6) is 0 Å². The van der Waals surface area contributed by atoms with Crippen molar-refractivity contribution >= 4 is 18.6 Å². The molecule has 0 aliphatic heterocycles. The third kappa shape index (κ3) is 6.33. The minimum atomic E-state index is -2.85. The number of hydrogen-bond acceptors (Lipinski definition) is 4. The van der Waals surface area contributed by atoms with Gasteiger partial charge in [0.25, 0.3) is 0 Å². The van der Waals surface area contributed by atoms with Crippen LogP contribution in [0, 0.1) is 0 Å². The van der Waals surface area contributed by atoms with E-state index in [1.165, 1.54) is 39.5 Å². The van der Waals surface area contributed by atoms with E-state index < -0.39 is 7.37 Å². The Bertz CT molecular complexity index is 513. The number of ether oxygens (including phenoxy) is 1. The molecule has 1 rings (SSSR count). The first-order valence-electron chi connectivity index (χ1n) is 7.92. The summed E-state index contributed by atoms with van der Waals surface area (Å²) in [6, 6.07) is 6.66. The van der Waals surface area contributed by atoms with Gasteiger partial charge in [-0.05, 0) is 24.6 Å². The van der Waals surface area contributed by atoms with Crippen molar-refractivity contribution in [1.82, 2.24) is 0 Å². The summed E-state index contributed by atoms with van der Waals surface area (Å²) < 4.78 is 22.4. The minimum absolute atomic E-state index is 0.369. The topological polar surface area (TPSA) is 52.6 Å². The Morgan fingerprint density at radius 1 is 1.14 bits per heavy atom. The van der Waals surface area contributed by atoms with E-state index in [0.717, 1.165) is 12.8 Å². The molecule has 0 spiro atoms. The van der Waals surface area contributed by atoms with E-state index in [1.54, 1.807) is 24.3 Å². The van der Waals surface area contributed by atoms with Gasteiger partial charge in [-0.2, -0.15) is 0 Å². The minimum Gasteiger partial charge on any atom is -0.462 e. The van der Waals surface area contributed by atoms with E-state index in [-0.39, 0.29) is 5.97 Å². The zero-order valence-corrected chi connectivity index (χ0v) is 14.7. The number of carbonyl (C=O) groups excluding carboxylic acids is 1. The van der Waals surface area contributed by atoms with Crippen molar-refractivity contribution in [2.45, 2.75) is 45.4 Å². The lowest BCUT2D eigenvalue weighted by Gasteiger charge is -2.12. The van der Waals surface area contributed by atoms with Crippen LogP contribution in [0.2, 0.25) is 0 Å². The lowest BCUT2D eigenvalue weighted by Crippen LogP contribution is -2.11. The van der Waals surface area contributed by atoms with Crippen molar-refractivity contribution in [3.8, 4) is 0 Å².